The van der Waals surface area contributed by atoms with Gasteiger partial charge in [-0.15, -0.1) is 0 Å². The lowest BCUT2D eigenvalue weighted by Gasteiger charge is -2.14. The van der Waals surface area contributed by atoms with Crippen LogP contribution in [0.4, 0.5) is 22.0 Å². The highest BCUT2D eigenvalue weighted by Crippen LogP contribution is 2.31. The molecule has 0 saturated heterocycles. The van der Waals surface area contributed by atoms with Crippen LogP contribution in [0.1, 0.15) is 16.2 Å². The highest BCUT2D eigenvalue weighted by atomic mass is 32.2. The van der Waals surface area contributed by atoms with Crippen molar-refractivity contribution < 1.29 is 17.6 Å². The third-order valence-electron chi connectivity index (χ3n) is 4.00. The Balaban J connectivity index is 1.63. The maximum absolute atomic E-state index is 13.0. The van der Waals surface area contributed by atoms with Crippen molar-refractivity contribution in [1.29, 1.82) is 0 Å². The average Bonchev–Trinajstić information content (AvgIpc) is 2.84. The van der Waals surface area contributed by atoms with E-state index in [9.17, 15) is 17.6 Å². The van der Waals surface area contributed by atoms with E-state index < -0.39 is 28.3 Å². The first-order valence-electron chi connectivity index (χ1n) is 8.04. The minimum atomic E-state index is -4.00. The predicted molar refractivity (Wildman–Crippen MR) is 97.4 cm³/mol. The average molecular weight is 400 g/mol. The van der Waals surface area contributed by atoms with Crippen LogP contribution in [0.25, 0.3) is 0 Å². The molecule has 3 aromatic rings. The Morgan fingerprint density at radius 3 is 2.46 bits per heavy atom. The fraction of sp³-hybridized carbons (Fsp3) is 0.0588. The third-order valence-corrected chi connectivity index (χ3v) is 5.78. The summed E-state index contributed by atoms with van der Waals surface area (Å²) in [6, 6.07) is 11.4. The number of nitrogens with one attached hydrogen (secondary N) is 1. The van der Waals surface area contributed by atoms with E-state index in [2.05, 4.69) is 20.3 Å². The van der Waals surface area contributed by atoms with Crippen molar-refractivity contribution >= 4 is 33.5 Å². The smallest absolute Gasteiger partial charge is 0.269 e. The van der Waals surface area contributed by atoms with Gasteiger partial charge in [-0.3, -0.25) is 4.79 Å². The lowest BCUT2D eigenvalue weighted by atomic mass is 10.2. The van der Waals surface area contributed by atoms with Crippen LogP contribution in [0.5, 0.6) is 0 Å². The highest BCUT2D eigenvalue weighted by molar-refractivity contribution is 7.90. The second kappa shape index (κ2) is 6.53. The van der Waals surface area contributed by atoms with Gasteiger partial charge in [-0.25, -0.2) is 17.1 Å². The predicted octanol–water partition coefficient (Wildman–Crippen LogP) is 1.68. The number of carbonyl (C=O) groups excluding carboxylic acids is 1. The Bertz CT molecular complexity index is 1180. The van der Waals surface area contributed by atoms with Crippen molar-refractivity contribution in [3.05, 3.63) is 65.7 Å². The molecule has 142 valence electrons. The number of hydrogen-bond donors (Lipinski definition) is 2. The molecule has 2 aromatic carbocycles. The second-order valence-electron chi connectivity index (χ2n) is 5.88. The summed E-state index contributed by atoms with van der Waals surface area (Å²) >= 11 is 0. The van der Waals surface area contributed by atoms with Gasteiger partial charge in [-0.1, -0.05) is 12.1 Å². The number of halogens is 1. The van der Waals surface area contributed by atoms with E-state index in [1.165, 1.54) is 36.4 Å². The molecule has 9 nitrogen and oxygen atoms in total. The molecule has 0 spiro atoms. The zero-order valence-electron chi connectivity index (χ0n) is 14.2. The zero-order valence-corrected chi connectivity index (χ0v) is 15.0. The molecule has 1 amide bonds. The molecule has 4 rings (SSSR count). The largest absolute Gasteiger partial charge is 0.368 e. The van der Waals surface area contributed by atoms with Gasteiger partial charge in [0.2, 0.25) is 11.9 Å². The van der Waals surface area contributed by atoms with Crippen molar-refractivity contribution in [3.63, 3.8) is 0 Å². The Kier molecular flexibility index (Phi) is 4.15. The summed E-state index contributed by atoms with van der Waals surface area (Å²) in [5, 5.41) is 2.82. The van der Waals surface area contributed by atoms with Crippen LogP contribution in [0.3, 0.4) is 0 Å². The van der Waals surface area contributed by atoms with Crippen LogP contribution in [-0.4, -0.2) is 33.6 Å². The first-order valence-corrected chi connectivity index (χ1v) is 9.48. The fourth-order valence-electron chi connectivity index (χ4n) is 2.74. The standard InChI is InChI=1S/C17H13FN6O3S/c18-10-5-7-11(8-6-10)20-17-22-14(21-16(19)23-17)9-24-15(25)12-3-1-2-4-13(12)28(24,26)27/h1-8H,9H2,(H3,19,20,21,22,23). The fourth-order valence-corrected chi connectivity index (χ4v) is 4.27. The topological polar surface area (TPSA) is 131 Å². The Labute approximate surface area is 159 Å². The van der Waals surface area contributed by atoms with Crippen LogP contribution < -0.4 is 11.1 Å². The summed E-state index contributed by atoms with van der Waals surface area (Å²) in [6.45, 7) is -0.402. The van der Waals surface area contributed by atoms with Gasteiger partial charge in [0.05, 0.1) is 12.1 Å². The van der Waals surface area contributed by atoms with Gasteiger partial charge in [-0.05, 0) is 36.4 Å². The lowest BCUT2D eigenvalue weighted by Crippen LogP contribution is -2.30. The lowest BCUT2D eigenvalue weighted by molar-refractivity contribution is 0.0862. The monoisotopic (exact) mass is 400 g/mol. The van der Waals surface area contributed by atoms with E-state index in [4.69, 9.17) is 5.73 Å². The van der Waals surface area contributed by atoms with Crippen molar-refractivity contribution in [3.8, 4) is 0 Å². The molecule has 0 aliphatic carbocycles. The highest BCUT2D eigenvalue weighted by Gasteiger charge is 2.41. The van der Waals surface area contributed by atoms with Crippen LogP contribution in [0, 0.1) is 5.82 Å². The third kappa shape index (κ3) is 3.11. The molecule has 0 atom stereocenters. The van der Waals surface area contributed by atoms with Crippen LogP contribution >= 0.6 is 0 Å². The number of aromatic nitrogens is 3. The van der Waals surface area contributed by atoms with Gasteiger partial charge in [0.1, 0.15) is 10.7 Å². The van der Waals surface area contributed by atoms with Crippen molar-refractivity contribution in [2.45, 2.75) is 11.4 Å². The van der Waals surface area contributed by atoms with Crippen molar-refractivity contribution in [2.24, 2.45) is 0 Å². The number of amides is 1. The Hall–Kier alpha value is -3.60. The summed E-state index contributed by atoms with van der Waals surface area (Å²) in [7, 11) is -4.00. The number of anilines is 3. The minimum Gasteiger partial charge on any atom is -0.368 e. The molecule has 1 aliphatic heterocycles. The van der Waals surface area contributed by atoms with Gasteiger partial charge >= 0.3 is 0 Å². The zero-order chi connectivity index (χ0) is 19.9. The van der Waals surface area contributed by atoms with Gasteiger partial charge in [-0.2, -0.15) is 15.0 Å². The molecule has 0 unspecified atom stereocenters. The van der Waals surface area contributed by atoms with Gasteiger partial charge in [0, 0.05) is 5.69 Å². The van der Waals surface area contributed by atoms with Gasteiger partial charge in [0.15, 0.2) is 5.82 Å². The molecular formula is C17H13FN6O3S. The number of nitrogens with zero attached hydrogens (tertiary/aromatic N) is 4. The quantitative estimate of drug-likeness (QED) is 0.676. The molecule has 11 heteroatoms. The molecule has 0 saturated carbocycles. The Morgan fingerprint density at radius 1 is 1.04 bits per heavy atom. The summed E-state index contributed by atoms with van der Waals surface area (Å²) in [4.78, 5) is 24.4. The van der Waals surface area contributed by atoms with E-state index in [1.54, 1.807) is 12.1 Å². The summed E-state index contributed by atoms with van der Waals surface area (Å²) in [5.41, 5.74) is 6.27. The number of benzene rings is 2. The van der Waals surface area contributed by atoms with E-state index in [-0.39, 0.29) is 28.2 Å². The molecule has 3 N–H and O–H groups in total. The van der Waals surface area contributed by atoms with Gasteiger partial charge < -0.3 is 11.1 Å². The number of hydrogen-bond acceptors (Lipinski definition) is 8. The van der Waals surface area contributed by atoms with Crippen molar-refractivity contribution in [2.75, 3.05) is 11.1 Å². The minimum absolute atomic E-state index is 0.0122. The normalized spacial score (nSPS) is 14.8. The number of carbonyl (C=O) groups is 1. The molecule has 28 heavy (non-hydrogen) atoms. The Morgan fingerprint density at radius 2 is 1.75 bits per heavy atom. The molecule has 0 radical (unpaired) electrons. The number of rotatable bonds is 4. The van der Waals surface area contributed by atoms with E-state index in [0.29, 0.717) is 9.99 Å². The number of nitrogen functional groups attached to an aromatic ring is 1. The SMILES string of the molecule is Nc1nc(CN2C(=O)c3ccccc3S2(=O)=O)nc(Nc2ccc(F)cc2)n1. The van der Waals surface area contributed by atoms with E-state index >= 15 is 0 Å². The summed E-state index contributed by atoms with van der Waals surface area (Å²) < 4.78 is 39.0. The van der Waals surface area contributed by atoms with Crippen LogP contribution in [-0.2, 0) is 16.6 Å². The molecule has 0 bridgehead atoms. The van der Waals surface area contributed by atoms with Crippen LogP contribution in [0.2, 0.25) is 0 Å². The van der Waals surface area contributed by atoms with Crippen molar-refractivity contribution in [1.82, 2.24) is 19.3 Å². The maximum atomic E-state index is 13.0. The molecule has 1 aliphatic rings. The summed E-state index contributed by atoms with van der Waals surface area (Å²) in [6.07, 6.45) is 0. The number of nitrogens with two attached hydrogens (primary N) is 1. The first-order chi connectivity index (χ1) is 13.3. The molecule has 0 fully saturated rings. The molecule has 1 aromatic heterocycles. The summed E-state index contributed by atoms with van der Waals surface area (Å²) in [5.74, 6) is -1.20. The maximum Gasteiger partial charge on any atom is 0.269 e. The van der Waals surface area contributed by atoms with E-state index in [0.717, 1.165) is 0 Å². The van der Waals surface area contributed by atoms with E-state index in [1.807, 2.05) is 0 Å². The van der Waals surface area contributed by atoms with Crippen LogP contribution in [0.15, 0.2) is 53.4 Å². The molecule has 2 heterocycles. The first kappa shape index (κ1) is 17.8. The number of sulfonamides is 1. The van der Waals surface area contributed by atoms with Gasteiger partial charge in [0.25, 0.3) is 15.9 Å². The molecular weight excluding hydrogens is 387 g/mol. The second-order valence-corrected chi connectivity index (χ2v) is 7.71. The number of fused-ring (bicyclic) bond motifs is 1.